The lowest BCUT2D eigenvalue weighted by atomic mass is 9.89. The second-order valence-electron chi connectivity index (χ2n) is 4.56. The first-order chi connectivity index (χ1) is 6.41. The summed E-state index contributed by atoms with van der Waals surface area (Å²) in [7, 11) is 0. The molecule has 1 heterocycles. The molecule has 14 heavy (non-hydrogen) atoms. The maximum absolute atomic E-state index is 6.29. The average Bonchev–Trinajstić information content (AvgIpc) is 2.45. The molecule has 0 saturated heterocycles. The zero-order valence-corrected chi connectivity index (χ0v) is 11.1. The number of thiophene rings is 1. The quantitative estimate of drug-likeness (QED) is 0.664. The zero-order chi connectivity index (χ0) is 10.8. The summed E-state index contributed by atoms with van der Waals surface area (Å²) in [5.41, 5.74) is 0.172. The van der Waals surface area contributed by atoms with Gasteiger partial charge in [-0.3, -0.25) is 0 Å². The van der Waals surface area contributed by atoms with Gasteiger partial charge >= 0.3 is 0 Å². The highest BCUT2D eigenvalue weighted by molar-refractivity contribution is 7.10. The molecular formula is C11H16Cl2S. The molecule has 0 bridgehead atoms. The van der Waals surface area contributed by atoms with Crippen LogP contribution >= 0.6 is 34.5 Å². The number of rotatable bonds is 3. The van der Waals surface area contributed by atoms with E-state index < -0.39 is 0 Å². The van der Waals surface area contributed by atoms with E-state index in [9.17, 15) is 0 Å². The monoisotopic (exact) mass is 250 g/mol. The van der Waals surface area contributed by atoms with Crippen molar-refractivity contribution in [3.63, 3.8) is 0 Å². The van der Waals surface area contributed by atoms with Crippen molar-refractivity contribution in [2.45, 2.75) is 39.0 Å². The Morgan fingerprint density at radius 2 is 2.07 bits per heavy atom. The third-order valence-corrected chi connectivity index (χ3v) is 4.58. The van der Waals surface area contributed by atoms with Gasteiger partial charge < -0.3 is 0 Å². The number of hydrogen-bond acceptors (Lipinski definition) is 1. The van der Waals surface area contributed by atoms with Crippen LogP contribution in [0.5, 0.6) is 0 Å². The molecule has 0 fully saturated rings. The largest absolute Gasteiger partial charge is 0.147 e. The molecule has 0 saturated carbocycles. The van der Waals surface area contributed by atoms with Crippen LogP contribution in [-0.4, -0.2) is 5.38 Å². The van der Waals surface area contributed by atoms with E-state index in [1.807, 2.05) is 11.4 Å². The third kappa shape index (κ3) is 3.45. The predicted molar refractivity (Wildman–Crippen MR) is 66.7 cm³/mol. The minimum absolute atomic E-state index is 0.172. The van der Waals surface area contributed by atoms with Gasteiger partial charge in [0.1, 0.15) is 0 Å². The Kier molecular flexibility index (Phi) is 4.30. The lowest BCUT2D eigenvalue weighted by Crippen LogP contribution is -2.21. The van der Waals surface area contributed by atoms with Crippen LogP contribution in [0.3, 0.4) is 0 Å². The first kappa shape index (κ1) is 12.4. The van der Waals surface area contributed by atoms with Gasteiger partial charge in [0.15, 0.2) is 0 Å². The van der Waals surface area contributed by atoms with Crippen LogP contribution in [0.15, 0.2) is 11.4 Å². The molecule has 1 rings (SSSR count). The highest BCUT2D eigenvalue weighted by atomic mass is 35.5. The molecule has 1 aromatic heterocycles. The summed E-state index contributed by atoms with van der Waals surface area (Å²) in [5.74, 6) is 0. The van der Waals surface area contributed by atoms with Crippen molar-refractivity contribution in [3.05, 3.63) is 21.3 Å². The molecule has 0 nitrogen and oxygen atoms in total. The van der Waals surface area contributed by atoms with E-state index >= 15 is 0 Å². The zero-order valence-electron chi connectivity index (χ0n) is 8.81. The molecule has 0 N–H and O–H groups in total. The van der Waals surface area contributed by atoms with Crippen LogP contribution in [0.2, 0.25) is 5.02 Å². The van der Waals surface area contributed by atoms with E-state index in [1.54, 1.807) is 11.3 Å². The van der Waals surface area contributed by atoms with E-state index in [0.29, 0.717) is 0 Å². The first-order valence-electron chi connectivity index (χ1n) is 4.77. The molecule has 0 spiro atoms. The Hall–Kier alpha value is 0.280. The van der Waals surface area contributed by atoms with Gasteiger partial charge in [0.05, 0.1) is 5.02 Å². The van der Waals surface area contributed by atoms with Crippen molar-refractivity contribution in [2.24, 2.45) is 5.41 Å². The Balaban J connectivity index is 2.46. The Labute approximate surface area is 100 Å². The van der Waals surface area contributed by atoms with Gasteiger partial charge in [0, 0.05) is 10.3 Å². The van der Waals surface area contributed by atoms with E-state index in [0.717, 1.165) is 17.9 Å². The van der Waals surface area contributed by atoms with E-state index in [-0.39, 0.29) is 10.8 Å². The molecule has 0 aliphatic carbocycles. The molecule has 1 atom stereocenters. The minimum atomic E-state index is 0.172. The molecule has 0 radical (unpaired) electrons. The second-order valence-corrected chi connectivity index (χ2v) is 6.50. The van der Waals surface area contributed by atoms with Crippen molar-refractivity contribution >= 4 is 34.5 Å². The summed E-state index contributed by atoms with van der Waals surface area (Å²) in [5, 5.41) is 3.12. The second kappa shape index (κ2) is 4.87. The summed E-state index contributed by atoms with van der Waals surface area (Å²) in [6.45, 7) is 6.50. The van der Waals surface area contributed by atoms with Crippen LogP contribution < -0.4 is 0 Å². The van der Waals surface area contributed by atoms with Crippen LogP contribution in [0.25, 0.3) is 0 Å². The topological polar surface area (TPSA) is 0 Å². The van der Waals surface area contributed by atoms with E-state index in [2.05, 4.69) is 20.8 Å². The summed E-state index contributed by atoms with van der Waals surface area (Å²) in [6, 6.07) is 1.95. The molecule has 0 aliphatic heterocycles. The van der Waals surface area contributed by atoms with Crippen molar-refractivity contribution in [1.29, 1.82) is 0 Å². The molecule has 0 amide bonds. The smallest absolute Gasteiger partial charge is 0.0544 e. The van der Waals surface area contributed by atoms with Gasteiger partial charge in [0.25, 0.3) is 0 Å². The number of hydrogen-bond donors (Lipinski definition) is 0. The molecule has 0 aromatic carbocycles. The maximum Gasteiger partial charge on any atom is 0.0544 e. The normalized spacial score (nSPS) is 14.4. The van der Waals surface area contributed by atoms with Crippen molar-refractivity contribution in [1.82, 2.24) is 0 Å². The Bertz CT molecular complexity index is 286. The van der Waals surface area contributed by atoms with Gasteiger partial charge in [-0.25, -0.2) is 0 Å². The van der Waals surface area contributed by atoms with Crippen LogP contribution in [-0.2, 0) is 6.42 Å². The lowest BCUT2D eigenvalue weighted by molar-refractivity contribution is 0.374. The lowest BCUT2D eigenvalue weighted by Gasteiger charge is -2.24. The fourth-order valence-electron chi connectivity index (χ4n) is 1.19. The van der Waals surface area contributed by atoms with E-state index in [1.165, 1.54) is 4.88 Å². The minimum Gasteiger partial charge on any atom is -0.147 e. The maximum atomic E-state index is 6.29. The third-order valence-electron chi connectivity index (χ3n) is 2.26. The summed E-state index contributed by atoms with van der Waals surface area (Å²) >= 11 is 14.0. The highest BCUT2D eigenvalue weighted by Crippen LogP contribution is 2.30. The van der Waals surface area contributed by atoms with E-state index in [4.69, 9.17) is 23.2 Å². The molecule has 80 valence electrons. The summed E-state index contributed by atoms with van der Waals surface area (Å²) < 4.78 is 0. The number of halogens is 2. The van der Waals surface area contributed by atoms with Gasteiger partial charge in [-0.1, -0.05) is 32.4 Å². The summed E-state index contributed by atoms with van der Waals surface area (Å²) in [4.78, 5) is 1.25. The molecule has 0 aliphatic rings. The standard InChI is InChI=1S/C11H16Cl2S/c1-11(2,3)10(13)5-4-9-8(12)6-7-14-9/h6-7,10H,4-5H2,1-3H3. The van der Waals surface area contributed by atoms with Gasteiger partial charge in [-0.05, 0) is 29.7 Å². The fraction of sp³-hybridized carbons (Fsp3) is 0.636. The van der Waals surface area contributed by atoms with Gasteiger partial charge in [-0.15, -0.1) is 22.9 Å². The SMILES string of the molecule is CC(C)(C)C(Cl)CCc1sccc1Cl. The fourth-order valence-corrected chi connectivity index (χ4v) is 2.45. The molecule has 3 heteroatoms. The Morgan fingerprint density at radius 1 is 1.43 bits per heavy atom. The highest BCUT2D eigenvalue weighted by Gasteiger charge is 2.22. The molecular weight excluding hydrogens is 235 g/mol. The molecule has 1 unspecified atom stereocenters. The average molecular weight is 251 g/mol. The van der Waals surface area contributed by atoms with Gasteiger partial charge in [0.2, 0.25) is 0 Å². The van der Waals surface area contributed by atoms with Crippen molar-refractivity contribution in [3.8, 4) is 0 Å². The molecule has 1 aromatic rings. The summed E-state index contributed by atoms with van der Waals surface area (Å²) in [6.07, 6.45) is 1.98. The number of aryl methyl sites for hydroxylation is 1. The Morgan fingerprint density at radius 3 is 2.50 bits per heavy atom. The van der Waals surface area contributed by atoms with Crippen molar-refractivity contribution in [2.75, 3.05) is 0 Å². The van der Waals surface area contributed by atoms with Gasteiger partial charge in [-0.2, -0.15) is 0 Å². The van der Waals surface area contributed by atoms with Crippen LogP contribution in [0.4, 0.5) is 0 Å². The number of alkyl halides is 1. The predicted octanol–water partition coefficient (Wildman–Crippen LogP) is 4.99. The first-order valence-corrected chi connectivity index (χ1v) is 6.46. The van der Waals surface area contributed by atoms with Crippen LogP contribution in [0.1, 0.15) is 32.1 Å². The van der Waals surface area contributed by atoms with Crippen LogP contribution in [0, 0.1) is 5.41 Å². The van der Waals surface area contributed by atoms with Crippen molar-refractivity contribution < 1.29 is 0 Å².